The number of nitro benzene ring substituents is 1. The number of nitro groups is 1. The third kappa shape index (κ3) is 5.36. The van der Waals surface area contributed by atoms with Crippen molar-refractivity contribution in [3.05, 3.63) is 108 Å². The van der Waals surface area contributed by atoms with Crippen LogP contribution >= 0.6 is 11.6 Å². The molecule has 0 unspecified atom stereocenters. The van der Waals surface area contributed by atoms with Crippen LogP contribution in [0.2, 0.25) is 5.02 Å². The highest BCUT2D eigenvalue weighted by Gasteiger charge is 2.36. The Kier molecular flexibility index (Phi) is 6.82. The molecule has 8 nitrogen and oxygen atoms in total. The highest BCUT2D eigenvalue weighted by atomic mass is 35.5. The molecule has 0 radical (unpaired) electrons. The van der Waals surface area contributed by atoms with Crippen molar-refractivity contribution in [3.63, 3.8) is 0 Å². The van der Waals surface area contributed by atoms with Crippen LogP contribution in [0, 0.1) is 10.1 Å². The fourth-order valence-corrected chi connectivity index (χ4v) is 3.71. The average molecular weight is 532 g/mol. The first kappa shape index (κ1) is 25.6. The summed E-state index contributed by atoms with van der Waals surface area (Å²) in [6.45, 7) is 3.86. The van der Waals surface area contributed by atoms with E-state index in [1.54, 1.807) is 24.3 Å². The van der Waals surface area contributed by atoms with Gasteiger partial charge in [0.25, 0.3) is 11.2 Å². The summed E-state index contributed by atoms with van der Waals surface area (Å²) in [6, 6.07) is 13.2. The van der Waals surface area contributed by atoms with Gasteiger partial charge in [0, 0.05) is 17.2 Å². The Morgan fingerprint density at radius 1 is 1.08 bits per heavy atom. The molecule has 0 bridgehead atoms. The molecule has 1 aromatic heterocycles. The molecule has 0 fully saturated rings. The van der Waals surface area contributed by atoms with E-state index in [1.165, 1.54) is 36.1 Å². The lowest BCUT2D eigenvalue weighted by atomic mass is 10.1. The van der Waals surface area contributed by atoms with Gasteiger partial charge in [-0.2, -0.15) is 13.2 Å². The van der Waals surface area contributed by atoms with E-state index in [4.69, 9.17) is 21.1 Å². The first-order chi connectivity index (χ1) is 17.5. The van der Waals surface area contributed by atoms with Gasteiger partial charge >= 0.3 is 6.18 Å². The third-order valence-electron chi connectivity index (χ3n) is 5.27. The highest BCUT2D eigenvalue weighted by molar-refractivity contribution is 6.30. The Bertz CT molecular complexity index is 1680. The second kappa shape index (κ2) is 9.86. The van der Waals surface area contributed by atoms with Crippen molar-refractivity contribution in [1.29, 1.82) is 0 Å². The van der Waals surface area contributed by atoms with Gasteiger partial charge in [-0.25, -0.2) is 4.68 Å². The third-order valence-corrected chi connectivity index (χ3v) is 5.50. The van der Waals surface area contributed by atoms with Crippen molar-refractivity contribution in [2.75, 3.05) is 7.11 Å². The van der Waals surface area contributed by atoms with Gasteiger partial charge in [-0.1, -0.05) is 30.3 Å². The molecule has 12 heteroatoms. The molecule has 190 valence electrons. The predicted octanol–water partition coefficient (Wildman–Crippen LogP) is 4.79. The Hall–Kier alpha value is -4.51. The molecule has 4 aromatic rings. The number of nitrogens with one attached hydrogen (secondary N) is 1. The number of hydrogen-bond donors (Lipinski definition) is 1. The Labute approximate surface area is 211 Å². The molecule has 1 heterocycles. The first-order valence-corrected chi connectivity index (χ1v) is 10.8. The topological polar surface area (TPSA) is 99.4 Å². The lowest BCUT2D eigenvalue weighted by Gasteiger charge is -2.15. The summed E-state index contributed by atoms with van der Waals surface area (Å²) < 4.78 is 52.6. The van der Waals surface area contributed by atoms with Gasteiger partial charge in [0.05, 0.1) is 28.3 Å². The van der Waals surface area contributed by atoms with Crippen molar-refractivity contribution in [2.24, 2.45) is 0 Å². The SMILES string of the molecule is C=c1[nH]n(-c2cccc(Cl)c2)c(=O)c1=Cc1ccc(Oc2ccc([N+](=O)[O-])cc2C(F)(F)F)c(OC)c1. The molecule has 0 amide bonds. The van der Waals surface area contributed by atoms with Crippen LogP contribution in [-0.4, -0.2) is 21.8 Å². The van der Waals surface area contributed by atoms with Gasteiger partial charge in [0.1, 0.15) is 11.3 Å². The van der Waals surface area contributed by atoms with Gasteiger partial charge in [-0.05, 0) is 48.0 Å². The molecule has 0 spiro atoms. The summed E-state index contributed by atoms with van der Waals surface area (Å²) in [5.74, 6) is -0.640. The van der Waals surface area contributed by atoms with Crippen LogP contribution in [0.25, 0.3) is 18.3 Å². The number of rotatable bonds is 6. The maximum Gasteiger partial charge on any atom is 0.420 e. The molecule has 0 saturated carbocycles. The normalized spacial score (nSPS) is 12.0. The van der Waals surface area contributed by atoms with Crippen molar-refractivity contribution < 1.29 is 27.6 Å². The van der Waals surface area contributed by atoms with Crippen LogP contribution in [0.1, 0.15) is 11.1 Å². The van der Waals surface area contributed by atoms with E-state index in [1.807, 2.05) is 0 Å². The number of H-pyrrole nitrogens is 1. The summed E-state index contributed by atoms with van der Waals surface area (Å²) in [5.41, 5.74) is -1.45. The number of benzene rings is 3. The molecule has 0 atom stereocenters. The van der Waals surface area contributed by atoms with Gasteiger partial charge < -0.3 is 9.47 Å². The van der Waals surface area contributed by atoms with Gasteiger partial charge in [-0.3, -0.25) is 20.0 Å². The van der Waals surface area contributed by atoms with E-state index in [2.05, 4.69) is 11.7 Å². The molecule has 0 aliphatic heterocycles. The van der Waals surface area contributed by atoms with Crippen LogP contribution in [0.5, 0.6) is 17.2 Å². The maximum atomic E-state index is 13.5. The van der Waals surface area contributed by atoms with Gasteiger partial charge in [0.15, 0.2) is 11.5 Å². The van der Waals surface area contributed by atoms with Crippen molar-refractivity contribution in [1.82, 2.24) is 9.78 Å². The number of nitrogens with zero attached hydrogens (tertiary/aromatic N) is 2. The van der Waals surface area contributed by atoms with Crippen LogP contribution in [0.3, 0.4) is 0 Å². The van der Waals surface area contributed by atoms with Crippen LogP contribution in [-0.2, 0) is 6.18 Å². The van der Waals surface area contributed by atoms with E-state index in [0.29, 0.717) is 27.7 Å². The largest absolute Gasteiger partial charge is 0.493 e. The first-order valence-electron chi connectivity index (χ1n) is 10.5. The van der Waals surface area contributed by atoms with Crippen molar-refractivity contribution in [2.45, 2.75) is 6.18 Å². The zero-order valence-electron chi connectivity index (χ0n) is 19.0. The summed E-state index contributed by atoms with van der Waals surface area (Å²) in [5, 5.41) is 14.8. The smallest absolute Gasteiger partial charge is 0.420 e. The number of ether oxygens (including phenoxy) is 2. The van der Waals surface area contributed by atoms with Crippen molar-refractivity contribution >= 4 is 29.9 Å². The molecule has 3 aromatic carbocycles. The Morgan fingerprint density at radius 2 is 1.81 bits per heavy atom. The predicted molar refractivity (Wildman–Crippen MR) is 131 cm³/mol. The number of hydrogen-bond acceptors (Lipinski definition) is 5. The number of aromatic amines is 1. The Morgan fingerprint density at radius 3 is 2.46 bits per heavy atom. The average Bonchev–Trinajstić information content (AvgIpc) is 3.12. The number of halogens is 4. The maximum absolute atomic E-state index is 13.5. The lowest BCUT2D eigenvalue weighted by molar-refractivity contribution is -0.385. The van der Waals surface area contributed by atoms with Crippen LogP contribution < -0.4 is 25.6 Å². The van der Waals surface area contributed by atoms with Crippen LogP contribution in [0.4, 0.5) is 18.9 Å². The highest BCUT2D eigenvalue weighted by Crippen LogP contribution is 2.42. The molecule has 0 saturated heterocycles. The van der Waals surface area contributed by atoms with E-state index in [0.717, 1.165) is 12.1 Å². The molecule has 37 heavy (non-hydrogen) atoms. The number of methoxy groups -OCH3 is 1. The molecule has 0 aliphatic carbocycles. The molecule has 1 N–H and O–H groups in total. The van der Waals surface area contributed by atoms with E-state index in [9.17, 15) is 28.1 Å². The second-order valence-corrected chi connectivity index (χ2v) is 8.15. The fraction of sp³-hybridized carbons (Fsp3) is 0.0800. The van der Waals surface area contributed by atoms with Gasteiger partial charge in [-0.15, -0.1) is 0 Å². The van der Waals surface area contributed by atoms with Crippen LogP contribution in [0.15, 0.2) is 65.5 Å². The summed E-state index contributed by atoms with van der Waals surface area (Å²) in [6.07, 6.45) is -3.37. The van der Waals surface area contributed by atoms with E-state index < -0.39 is 33.7 Å². The zero-order valence-corrected chi connectivity index (χ0v) is 19.8. The van der Waals surface area contributed by atoms with E-state index >= 15 is 0 Å². The summed E-state index contributed by atoms with van der Waals surface area (Å²) in [4.78, 5) is 23.0. The number of aromatic nitrogens is 2. The van der Waals surface area contributed by atoms with Gasteiger partial charge in [0.2, 0.25) is 0 Å². The second-order valence-electron chi connectivity index (χ2n) is 7.72. The quantitative estimate of drug-likeness (QED) is 0.285. The Balaban J connectivity index is 1.73. The minimum absolute atomic E-state index is 0.0662. The van der Waals surface area contributed by atoms with E-state index in [-0.39, 0.29) is 16.7 Å². The molecular formula is C25H17ClF3N3O5. The molecule has 4 rings (SSSR count). The van der Waals surface area contributed by atoms with Crippen molar-refractivity contribution in [3.8, 4) is 22.9 Å². The zero-order chi connectivity index (χ0) is 26.9. The number of alkyl halides is 3. The molecular weight excluding hydrogens is 515 g/mol. The minimum atomic E-state index is -4.90. The summed E-state index contributed by atoms with van der Waals surface area (Å²) >= 11 is 6.02. The number of non-ortho nitro benzene ring substituents is 1. The fourth-order valence-electron chi connectivity index (χ4n) is 3.53. The summed E-state index contributed by atoms with van der Waals surface area (Å²) in [7, 11) is 1.29. The monoisotopic (exact) mass is 531 g/mol. The lowest BCUT2D eigenvalue weighted by Crippen LogP contribution is -2.33. The standard InChI is InChI=1S/C25H17ClF3N3O5/c1-14-19(24(33)31(30-14)17-5-3-4-16(26)12-17)10-15-6-8-22(23(11-15)36-2)37-21-9-7-18(32(34)35)13-20(21)25(27,28)29/h3-13,30H,1H2,2H3. The minimum Gasteiger partial charge on any atom is -0.493 e. The molecule has 0 aliphatic rings.